The van der Waals surface area contributed by atoms with Crippen molar-refractivity contribution in [3.63, 3.8) is 0 Å². The van der Waals surface area contributed by atoms with Crippen LogP contribution in [0.4, 0.5) is 0 Å². The molecule has 1 saturated heterocycles. The number of nitrogens with zero attached hydrogens (tertiary/aromatic N) is 1. The lowest BCUT2D eigenvalue weighted by molar-refractivity contribution is -0.133. The van der Waals surface area contributed by atoms with E-state index in [1.807, 2.05) is 50.1 Å². The Kier molecular flexibility index (Phi) is 4.83. The van der Waals surface area contributed by atoms with Crippen LogP contribution >= 0.6 is 15.9 Å². The number of morpholine rings is 1. The molecule has 0 radical (unpaired) electrons. The van der Waals surface area contributed by atoms with Gasteiger partial charge in [-0.05, 0) is 32.5 Å². The lowest BCUT2D eigenvalue weighted by atomic mass is 9.94. The predicted molar refractivity (Wildman–Crippen MR) is 82.5 cm³/mol. The van der Waals surface area contributed by atoms with Gasteiger partial charge in [0, 0.05) is 11.0 Å². The predicted octanol–water partition coefficient (Wildman–Crippen LogP) is 2.13. The van der Waals surface area contributed by atoms with Gasteiger partial charge in [-0.2, -0.15) is 0 Å². The monoisotopic (exact) mass is 340 g/mol. The van der Waals surface area contributed by atoms with Crippen molar-refractivity contribution in [2.24, 2.45) is 0 Å². The van der Waals surface area contributed by atoms with Crippen molar-refractivity contribution < 1.29 is 9.53 Å². The molecule has 0 saturated carbocycles. The summed E-state index contributed by atoms with van der Waals surface area (Å²) in [6.45, 7) is 5.94. The highest BCUT2D eigenvalue weighted by Crippen LogP contribution is 2.28. The Labute approximate surface area is 128 Å². The van der Waals surface area contributed by atoms with Gasteiger partial charge in [0.1, 0.15) is 6.04 Å². The summed E-state index contributed by atoms with van der Waals surface area (Å²) < 4.78 is 6.40. The largest absolute Gasteiger partial charge is 0.378 e. The van der Waals surface area contributed by atoms with Crippen LogP contribution in [0.15, 0.2) is 28.7 Å². The van der Waals surface area contributed by atoms with Crippen LogP contribution in [0.5, 0.6) is 0 Å². The quantitative estimate of drug-likeness (QED) is 0.916. The molecule has 2 rings (SSSR count). The summed E-state index contributed by atoms with van der Waals surface area (Å²) in [6.07, 6.45) is 0. The normalized spacial score (nSPS) is 20.7. The van der Waals surface area contributed by atoms with Gasteiger partial charge in [-0.3, -0.25) is 9.69 Å². The minimum Gasteiger partial charge on any atom is -0.378 e. The van der Waals surface area contributed by atoms with Gasteiger partial charge < -0.3 is 10.1 Å². The number of ether oxygens (including phenoxy) is 1. The van der Waals surface area contributed by atoms with E-state index in [4.69, 9.17) is 4.74 Å². The second-order valence-electron chi connectivity index (χ2n) is 5.67. The Balaban J connectivity index is 2.11. The van der Waals surface area contributed by atoms with Crippen molar-refractivity contribution in [3.05, 3.63) is 34.3 Å². The lowest BCUT2D eigenvalue weighted by Gasteiger charge is -2.35. The van der Waals surface area contributed by atoms with E-state index < -0.39 is 5.54 Å². The van der Waals surface area contributed by atoms with Crippen LogP contribution in [0.1, 0.15) is 19.4 Å². The molecule has 0 aromatic heterocycles. The molecular weight excluding hydrogens is 320 g/mol. The van der Waals surface area contributed by atoms with E-state index in [2.05, 4.69) is 21.2 Å². The smallest absolute Gasteiger partial charge is 0.240 e. The summed E-state index contributed by atoms with van der Waals surface area (Å²) in [4.78, 5) is 14.5. The summed E-state index contributed by atoms with van der Waals surface area (Å²) in [7, 11) is 1.96. The number of carbonyl (C=O) groups excluding carboxylic acids is 1. The van der Waals surface area contributed by atoms with Crippen LogP contribution in [0.25, 0.3) is 0 Å². The average molecular weight is 341 g/mol. The molecule has 1 aliphatic rings. The van der Waals surface area contributed by atoms with Crippen molar-refractivity contribution in [3.8, 4) is 0 Å². The van der Waals surface area contributed by atoms with Crippen molar-refractivity contribution in [1.82, 2.24) is 10.2 Å². The third-order valence-electron chi connectivity index (χ3n) is 3.68. The Morgan fingerprint density at radius 1 is 1.45 bits per heavy atom. The van der Waals surface area contributed by atoms with Gasteiger partial charge in [0.05, 0.1) is 18.8 Å². The highest BCUT2D eigenvalue weighted by atomic mass is 79.9. The Morgan fingerprint density at radius 3 is 2.80 bits per heavy atom. The first-order chi connectivity index (χ1) is 9.42. The summed E-state index contributed by atoms with van der Waals surface area (Å²) in [5.74, 6) is 0.00736. The van der Waals surface area contributed by atoms with E-state index >= 15 is 0 Å². The third-order valence-corrected chi connectivity index (χ3v) is 4.37. The minimum absolute atomic E-state index is 0.00736. The molecule has 1 amide bonds. The first-order valence-corrected chi connectivity index (χ1v) is 7.56. The minimum atomic E-state index is -0.435. The number of nitrogens with one attached hydrogen (secondary N) is 1. The van der Waals surface area contributed by atoms with Crippen LogP contribution in [-0.2, 0) is 15.1 Å². The second-order valence-corrected chi connectivity index (χ2v) is 6.52. The molecule has 1 N–H and O–H groups in total. The number of halogens is 1. The van der Waals surface area contributed by atoms with Crippen LogP contribution in [0.3, 0.4) is 0 Å². The average Bonchev–Trinajstić information content (AvgIpc) is 2.38. The Morgan fingerprint density at radius 2 is 2.15 bits per heavy atom. The zero-order chi connectivity index (χ0) is 14.8. The number of likely N-dealkylation sites (N-methyl/N-ethyl adjacent to an activating group) is 1. The topological polar surface area (TPSA) is 41.6 Å². The highest BCUT2D eigenvalue weighted by Gasteiger charge is 2.32. The summed E-state index contributed by atoms with van der Waals surface area (Å²) >= 11 is 3.54. The second kappa shape index (κ2) is 6.24. The Hall–Kier alpha value is -0.910. The fourth-order valence-corrected chi connectivity index (χ4v) is 3.17. The maximum atomic E-state index is 12.5. The fourth-order valence-electron chi connectivity index (χ4n) is 2.39. The molecule has 1 fully saturated rings. The molecule has 110 valence electrons. The summed E-state index contributed by atoms with van der Waals surface area (Å²) in [5.41, 5.74) is 0.628. The molecule has 0 bridgehead atoms. The van der Waals surface area contributed by atoms with Crippen LogP contribution in [-0.4, -0.2) is 43.7 Å². The molecule has 0 aliphatic carbocycles. The number of amides is 1. The SMILES string of the molecule is CN1CCOC[C@@H]1C(=O)NC(C)(C)c1ccccc1Br. The van der Waals surface area contributed by atoms with E-state index in [-0.39, 0.29) is 11.9 Å². The molecule has 4 nitrogen and oxygen atoms in total. The van der Waals surface area contributed by atoms with Gasteiger partial charge in [-0.25, -0.2) is 0 Å². The maximum absolute atomic E-state index is 12.5. The zero-order valence-electron chi connectivity index (χ0n) is 12.1. The van der Waals surface area contributed by atoms with Crippen LogP contribution in [0.2, 0.25) is 0 Å². The molecule has 0 unspecified atom stereocenters. The van der Waals surface area contributed by atoms with Crippen LogP contribution < -0.4 is 5.32 Å². The van der Waals surface area contributed by atoms with E-state index in [0.29, 0.717) is 13.2 Å². The van der Waals surface area contributed by atoms with Gasteiger partial charge in [0.25, 0.3) is 0 Å². The van der Waals surface area contributed by atoms with Crippen molar-refractivity contribution in [2.75, 3.05) is 26.8 Å². The first kappa shape index (κ1) is 15.5. The molecule has 1 aromatic carbocycles. The van der Waals surface area contributed by atoms with E-state index in [1.54, 1.807) is 0 Å². The molecule has 20 heavy (non-hydrogen) atoms. The summed E-state index contributed by atoms with van der Waals surface area (Å²) in [6, 6.07) is 7.73. The highest BCUT2D eigenvalue weighted by molar-refractivity contribution is 9.10. The maximum Gasteiger partial charge on any atom is 0.240 e. The molecular formula is C15H21BrN2O2. The number of hydrogen-bond donors (Lipinski definition) is 1. The van der Waals surface area contributed by atoms with Crippen molar-refractivity contribution >= 4 is 21.8 Å². The first-order valence-electron chi connectivity index (χ1n) is 6.77. The lowest BCUT2D eigenvalue weighted by Crippen LogP contribution is -2.55. The number of hydrogen-bond acceptors (Lipinski definition) is 3. The molecule has 1 aliphatic heterocycles. The van der Waals surface area contributed by atoms with E-state index in [0.717, 1.165) is 16.6 Å². The third kappa shape index (κ3) is 3.40. The zero-order valence-corrected chi connectivity index (χ0v) is 13.7. The Bertz CT molecular complexity index is 491. The molecule has 0 spiro atoms. The van der Waals surface area contributed by atoms with E-state index in [9.17, 15) is 4.79 Å². The van der Waals surface area contributed by atoms with Crippen molar-refractivity contribution in [2.45, 2.75) is 25.4 Å². The van der Waals surface area contributed by atoms with Crippen LogP contribution in [0, 0.1) is 0 Å². The fraction of sp³-hybridized carbons (Fsp3) is 0.533. The number of benzene rings is 1. The molecule has 1 aromatic rings. The van der Waals surface area contributed by atoms with Gasteiger partial charge in [-0.15, -0.1) is 0 Å². The van der Waals surface area contributed by atoms with Gasteiger partial charge >= 0.3 is 0 Å². The van der Waals surface area contributed by atoms with Gasteiger partial charge in [0.2, 0.25) is 5.91 Å². The molecule has 1 atom stereocenters. The standard InChI is InChI=1S/C15H21BrN2O2/c1-15(2,11-6-4-5-7-12(11)16)17-14(19)13-10-20-9-8-18(13)3/h4-7,13H,8-10H2,1-3H3,(H,17,19)/t13-/m1/s1. The molecule has 5 heteroatoms. The number of rotatable bonds is 3. The van der Waals surface area contributed by atoms with Gasteiger partial charge in [0.15, 0.2) is 0 Å². The van der Waals surface area contributed by atoms with Gasteiger partial charge in [-0.1, -0.05) is 34.1 Å². The number of carbonyl (C=O) groups is 1. The molecule has 1 heterocycles. The van der Waals surface area contributed by atoms with E-state index in [1.165, 1.54) is 0 Å². The van der Waals surface area contributed by atoms with Crippen molar-refractivity contribution in [1.29, 1.82) is 0 Å². The summed E-state index contributed by atoms with van der Waals surface area (Å²) in [5, 5.41) is 3.12.